The number of rotatable bonds is 5. The molecule has 3 rings (SSSR count). The quantitative estimate of drug-likeness (QED) is 0.675. The maximum Gasteiger partial charge on any atom is 0.272 e. The van der Waals surface area contributed by atoms with Crippen molar-refractivity contribution in [3.63, 3.8) is 0 Å². The van der Waals surface area contributed by atoms with E-state index in [2.05, 4.69) is 27.4 Å². The summed E-state index contributed by atoms with van der Waals surface area (Å²) in [4.78, 5) is 13.0. The molecule has 0 bridgehead atoms. The van der Waals surface area contributed by atoms with Crippen molar-refractivity contribution in [2.24, 2.45) is 0 Å². The van der Waals surface area contributed by atoms with Gasteiger partial charge in [-0.15, -0.1) is 11.3 Å². The molecule has 0 spiro atoms. The van der Waals surface area contributed by atoms with E-state index in [1.807, 2.05) is 17.5 Å². The minimum atomic E-state index is -0.792. The Bertz CT molecular complexity index is 958. The minimum Gasteiger partial charge on any atom is -0.478 e. The fourth-order valence-corrected chi connectivity index (χ4v) is 2.72. The first kappa shape index (κ1) is 17.6. The van der Waals surface area contributed by atoms with Crippen molar-refractivity contribution in [3.05, 3.63) is 59.1 Å². The van der Waals surface area contributed by atoms with Crippen LogP contribution >= 0.6 is 11.3 Å². The van der Waals surface area contributed by atoms with Crippen LogP contribution in [-0.4, -0.2) is 29.3 Å². The molecule has 3 aromatic rings. The zero-order valence-electron chi connectivity index (χ0n) is 13.4. The van der Waals surface area contributed by atoms with Gasteiger partial charge in [-0.1, -0.05) is 17.9 Å². The smallest absolute Gasteiger partial charge is 0.272 e. The molecule has 2 aromatic heterocycles. The number of aromatic amines is 1. The third kappa shape index (κ3) is 4.46. The fraction of sp³-hybridized carbons (Fsp3) is 0.111. The molecule has 0 saturated heterocycles. The van der Waals surface area contributed by atoms with E-state index in [0.29, 0.717) is 0 Å². The van der Waals surface area contributed by atoms with Gasteiger partial charge in [0.2, 0.25) is 0 Å². The lowest BCUT2D eigenvalue weighted by atomic mass is 10.3. The Morgan fingerprint density at radius 1 is 1.27 bits per heavy atom. The molecule has 0 atom stereocenters. The first-order valence-corrected chi connectivity index (χ1v) is 8.42. The van der Waals surface area contributed by atoms with Crippen molar-refractivity contribution < 1.29 is 18.3 Å². The first-order valence-electron chi connectivity index (χ1n) is 7.54. The highest BCUT2D eigenvalue weighted by Crippen LogP contribution is 2.22. The number of carbonyl (C=O) groups is 1. The van der Waals surface area contributed by atoms with E-state index in [4.69, 9.17) is 4.74 Å². The number of halogens is 2. The molecule has 0 saturated carbocycles. The molecule has 0 aliphatic rings. The van der Waals surface area contributed by atoms with Crippen LogP contribution in [0.25, 0.3) is 10.6 Å². The largest absolute Gasteiger partial charge is 0.478 e. The van der Waals surface area contributed by atoms with Gasteiger partial charge in [0.25, 0.3) is 5.91 Å². The molecule has 0 aliphatic heterocycles. The second-order valence-corrected chi connectivity index (χ2v) is 5.99. The number of amides is 1. The molecule has 5 nitrogen and oxygen atoms in total. The molecule has 0 fully saturated rings. The summed E-state index contributed by atoms with van der Waals surface area (Å²) in [7, 11) is 0. The maximum atomic E-state index is 13.3. The molecule has 0 unspecified atom stereocenters. The highest BCUT2D eigenvalue weighted by molar-refractivity contribution is 7.13. The van der Waals surface area contributed by atoms with Gasteiger partial charge in [0.1, 0.15) is 12.4 Å². The van der Waals surface area contributed by atoms with Crippen LogP contribution < -0.4 is 10.1 Å². The Hall–Kier alpha value is -3.18. The van der Waals surface area contributed by atoms with Gasteiger partial charge < -0.3 is 10.1 Å². The van der Waals surface area contributed by atoms with Crippen LogP contribution in [0.4, 0.5) is 8.78 Å². The summed E-state index contributed by atoms with van der Waals surface area (Å²) in [5.74, 6) is 3.41. The van der Waals surface area contributed by atoms with Gasteiger partial charge in [-0.3, -0.25) is 9.89 Å². The van der Waals surface area contributed by atoms with E-state index in [9.17, 15) is 13.6 Å². The standard InChI is InChI=1S/C18H13F2N3O2S/c19-12-5-6-16(13(20)10-12)25-8-2-1-7-21-18(24)15-11-14(22-23-15)17-4-3-9-26-17/h3-6,9-11H,7-8H2,(H,21,24)(H,22,23). The van der Waals surface area contributed by atoms with E-state index in [1.54, 1.807) is 17.4 Å². The second-order valence-electron chi connectivity index (χ2n) is 5.04. The number of benzene rings is 1. The summed E-state index contributed by atoms with van der Waals surface area (Å²) in [6.45, 7) is 0.0125. The summed E-state index contributed by atoms with van der Waals surface area (Å²) in [5.41, 5.74) is 1.03. The van der Waals surface area contributed by atoms with Crippen molar-refractivity contribution >= 4 is 17.2 Å². The molecule has 0 radical (unpaired) electrons. The Morgan fingerprint density at radius 3 is 2.92 bits per heavy atom. The maximum absolute atomic E-state index is 13.3. The number of ether oxygens (including phenoxy) is 1. The van der Waals surface area contributed by atoms with Gasteiger partial charge in [0, 0.05) is 6.07 Å². The summed E-state index contributed by atoms with van der Waals surface area (Å²) >= 11 is 1.54. The van der Waals surface area contributed by atoms with Crippen molar-refractivity contribution in [2.75, 3.05) is 13.2 Å². The van der Waals surface area contributed by atoms with Gasteiger partial charge >= 0.3 is 0 Å². The third-order valence-electron chi connectivity index (χ3n) is 3.25. The van der Waals surface area contributed by atoms with Gasteiger partial charge in [-0.25, -0.2) is 8.78 Å². The normalized spacial score (nSPS) is 10.1. The lowest BCUT2D eigenvalue weighted by Crippen LogP contribution is -2.24. The number of H-pyrrole nitrogens is 1. The SMILES string of the molecule is O=C(NCC#CCOc1ccc(F)cc1F)c1cc(-c2cccs2)[nH]n1. The third-order valence-corrected chi connectivity index (χ3v) is 4.16. The molecule has 8 heteroatoms. The Morgan fingerprint density at radius 2 is 2.15 bits per heavy atom. The molecule has 2 heterocycles. The lowest BCUT2D eigenvalue weighted by molar-refractivity contribution is 0.0953. The van der Waals surface area contributed by atoms with Crippen LogP contribution in [0.5, 0.6) is 5.75 Å². The molecule has 26 heavy (non-hydrogen) atoms. The van der Waals surface area contributed by atoms with Crippen LogP contribution in [0, 0.1) is 23.5 Å². The van der Waals surface area contributed by atoms with E-state index >= 15 is 0 Å². The Balaban J connectivity index is 1.45. The summed E-state index contributed by atoms with van der Waals surface area (Å²) in [6.07, 6.45) is 0. The van der Waals surface area contributed by atoms with Crippen molar-refractivity contribution in [1.29, 1.82) is 0 Å². The van der Waals surface area contributed by atoms with Gasteiger partial charge in [-0.2, -0.15) is 5.10 Å². The predicted molar refractivity (Wildman–Crippen MR) is 93.9 cm³/mol. The minimum absolute atomic E-state index is 0.0800. The average Bonchev–Trinajstić information content (AvgIpc) is 3.30. The summed E-state index contributed by atoms with van der Waals surface area (Å²) in [5, 5.41) is 11.3. The van der Waals surface area contributed by atoms with E-state index < -0.39 is 11.6 Å². The van der Waals surface area contributed by atoms with Crippen molar-refractivity contribution in [1.82, 2.24) is 15.5 Å². The number of nitrogens with zero attached hydrogens (tertiary/aromatic N) is 1. The van der Waals surface area contributed by atoms with Crippen molar-refractivity contribution in [3.8, 4) is 28.2 Å². The molecule has 132 valence electrons. The lowest BCUT2D eigenvalue weighted by Gasteiger charge is -2.02. The molecule has 0 aliphatic carbocycles. The molecule has 1 amide bonds. The fourth-order valence-electron chi connectivity index (χ4n) is 2.03. The van der Waals surface area contributed by atoms with Crippen LogP contribution in [0.2, 0.25) is 0 Å². The van der Waals surface area contributed by atoms with Crippen LogP contribution in [-0.2, 0) is 0 Å². The molecule has 1 aromatic carbocycles. The van der Waals surface area contributed by atoms with Crippen LogP contribution in [0.15, 0.2) is 41.8 Å². The van der Waals surface area contributed by atoms with Crippen LogP contribution in [0.3, 0.4) is 0 Å². The zero-order valence-corrected chi connectivity index (χ0v) is 14.2. The van der Waals surface area contributed by atoms with E-state index in [-0.39, 0.29) is 30.5 Å². The number of thiophene rings is 1. The van der Waals surface area contributed by atoms with Gasteiger partial charge in [0.15, 0.2) is 17.3 Å². The molecular weight excluding hydrogens is 360 g/mol. The van der Waals surface area contributed by atoms with Crippen molar-refractivity contribution in [2.45, 2.75) is 0 Å². The number of nitrogens with one attached hydrogen (secondary N) is 2. The zero-order chi connectivity index (χ0) is 18.4. The highest BCUT2D eigenvalue weighted by Gasteiger charge is 2.10. The number of carbonyl (C=O) groups excluding carboxylic acids is 1. The van der Waals surface area contributed by atoms with E-state index in [1.165, 1.54) is 6.07 Å². The average molecular weight is 373 g/mol. The first-order chi connectivity index (χ1) is 12.6. The Labute approximate surface area is 152 Å². The molecule has 2 N–H and O–H groups in total. The van der Waals surface area contributed by atoms with Gasteiger partial charge in [-0.05, 0) is 29.6 Å². The van der Waals surface area contributed by atoms with Crippen LogP contribution in [0.1, 0.15) is 10.5 Å². The Kier molecular flexibility index (Phi) is 5.61. The summed E-state index contributed by atoms with van der Waals surface area (Å²) in [6, 6.07) is 8.52. The second kappa shape index (κ2) is 8.27. The molecular formula is C18H13F2N3O2S. The summed E-state index contributed by atoms with van der Waals surface area (Å²) < 4.78 is 31.2. The predicted octanol–water partition coefficient (Wildman–Crippen LogP) is 3.23. The van der Waals surface area contributed by atoms with Gasteiger partial charge in [0.05, 0.1) is 17.1 Å². The highest BCUT2D eigenvalue weighted by atomic mass is 32.1. The number of hydrogen-bond acceptors (Lipinski definition) is 4. The topological polar surface area (TPSA) is 67.0 Å². The monoisotopic (exact) mass is 373 g/mol. The van der Waals surface area contributed by atoms with E-state index in [0.717, 1.165) is 22.7 Å². The number of hydrogen-bond donors (Lipinski definition) is 2. The number of aromatic nitrogens is 2.